The first-order valence-electron chi connectivity index (χ1n) is 0.569. The summed E-state index contributed by atoms with van der Waals surface area (Å²) in [6, 6.07) is 0.649. The summed E-state index contributed by atoms with van der Waals surface area (Å²) in [5.74, 6) is 0. The van der Waals surface area contributed by atoms with Crippen LogP contribution in [0.25, 0.3) is 0 Å². The van der Waals surface area contributed by atoms with Crippen LogP contribution in [0.15, 0.2) is 4.91 Å². The largest absolute Gasteiger partial charge is 0.263 e. The Hall–Kier alpha value is 0.790. The minimum atomic E-state index is 0.649. The Labute approximate surface area is 38.5 Å². The van der Waals surface area contributed by atoms with Crippen molar-refractivity contribution in [3.8, 4) is 0 Å². The molecule has 0 atom stereocenters. The van der Waals surface area contributed by atoms with Gasteiger partial charge in [0, 0.05) is 22.0 Å². The fourth-order valence-corrected chi connectivity index (χ4v) is 0. The topological polar surface area (TPSA) is 32.6 Å². The lowest BCUT2D eigenvalue weighted by atomic mass is 13.6. The molecule has 0 aliphatic heterocycles. The zero-order valence-corrected chi connectivity index (χ0v) is 4.77. The van der Waals surface area contributed by atoms with Crippen LogP contribution in [0, 0.1) is 0 Å². The van der Waals surface area contributed by atoms with E-state index in [-0.39, 0.29) is 0 Å². The van der Waals surface area contributed by atoms with Gasteiger partial charge in [0.1, 0.15) is 6.02 Å². The maximum Gasteiger partial charge on any atom is 0.114 e. The van der Waals surface area contributed by atoms with E-state index in [0.717, 1.165) is 0 Å². The second kappa shape index (κ2) is 3.79. The average Bonchev–Trinajstić information content (AvgIpc) is 1.37. The molecule has 0 aromatic rings. The number of halogens is 1. The SMILES string of the molecule is O/N=P/I. The molecule has 1 N–H and O–H groups in total. The second-order valence-electron chi connectivity index (χ2n) is 0.165. The molecular weight excluding hydrogens is 188 g/mol. The van der Waals surface area contributed by atoms with Gasteiger partial charge >= 0.3 is 0 Å². The van der Waals surface area contributed by atoms with Crippen LogP contribution in [0.1, 0.15) is 0 Å². The molecule has 0 spiro atoms. The van der Waals surface area contributed by atoms with Gasteiger partial charge in [-0.2, -0.15) is 0 Å². The molecular formula is HINOP. The van der Waals surface area contributed by atoms with Crippen LogP contribution < -0.4 is 0 Å². The van der Waals surface area contributed by atoms with Gasteiger partial charge in [-0.3, -0.25) is 5.21 Å². The summed E-state index contributed by atoms with van der Waals surface area (Å²) in [5, 5.41) is 7.48. The molecule has 0 aliphatic rings. The Kier molecular flexibility index (Phi) is 4.54. The quantitative estimate of drug-likeness (QED) is 0.352. The number of rotatable bonds is 0. The van der Waals surface area contributed by atoms with E-state index >= 15 is 0 Å². The number of hydrogen-bond donors (Lipinski definition) is 1. The van der Waals surface area contributed by atoms with Gasteiger partial charge in [-0.1, -0.05) is 0 Å². The molecule has 0 rings (SSSR count). The minimum Gasteiger partial charge on any atom is -0.263 e. The van der Waals surface area contributed by atoms with Crippen LogP contribution in [0.3, 0.4) is 0 Å². The summed E-state index contributed by atoms with van der Waals surface area (Å²) in [4.78, 5) is 2.70. The van der Waals surface area contributed by atoms with Crippen molar-refractivity contribution in [3.63, 3.8) is 0 Å². The molecule has 0 heterocycles. The Bertz CT molecular complexity index is 23.2. The monoisotopic (exact) mass is 189 g/mol. The highest BCUT2D eigenvalue weighted by atomic mass is 127. The van der Waals surface area contributed by atoms with Gasteiger partial charge in [0.05, 0.1) is 0 Å². The van der Waals surface area contributed by atoms with Crippen molar-refractivity contribution >= 4 is 28.1 Å². The summed E-state index contributed by atoms with van der Waals surface area (Å²) < 4.78 is 0. The summed E-state index contributed by atoms with van der Waals surface area (Å²) in [5.41, 5.74) is 0. The molecule has 2 nitrogen and oxygen atoms in total. The Morgan fingerprint density at radius 1 is 2.00 bits per heavy atom. The van der Waals surface area contributed by atoms with Gasteiger partial charge in [0.15, 0.2) is 0 Å². The third kappa shape index (κ3) is 2.79. The van der Waals surface area contributed by atoms with Crippen molar-refractivity contribution in [1.82, 2.24) is 0 Å². The molecule has 24 valence electrons. The predicted molar refractivity (Wildman–Crippen MR) is 25.2 cm³/mol. The lowest BCUT2D eigenvalue weighted by Gasteiger charge is -1.48. The first-order valence-corrected chi connectivity index (χ1v) is 4.20. The Morgan fingerprint density at radius 3 is 2.25 bits per heavy atom. The lowest BCUT2D eigenvalue weighted by molar-refractivity contribution is 0.329. The van der Waals surface area contributed by atoms with Gasteiger partial charge in [-0.25, -0.2) is 0 Å². The van der Waals surface area contributed by atoms with Crippen molar-refractivity contribution in [2.45, 2.75) is 0 Å². The maximum absolute atomic E-state index is 7.48. The van der Waals surface area contributed by atoms with Gasteiger partial charge < -0.3 is 0 Å². The maximum atomic E-state index is 7.48. The third-order valence-corrected chi connectivity index (χ3v) is 0.680. The van der Waals surface area contributed by atoms with E-state index in [0.29, 0.717) is 6.02 Å². The molecule has 0 aromatic carbocycles. The molecule has 0 fully saturated rings. The first-order chi connectivity index (χ1) is 1.91. The first kappa shape index (κ1) is 4.79. The molecule has 4 heteroatoms. The van der Waals surface area contributed by atoms with Crippen LogP contribution in [0.5, 0.6) is 0 Å². The fraction of sp³-hybridized carbons (Fsp3) is 0. The Morgan fingerprint density at radius 2 is 2.25 bits per heavy atom. The van der Waals surface area contributed by atoms with Crippen LogP contribution >= 0.6 is 28.1 Å². The fourth-order valence-electron chi connectivity index (χ4n) is 0. The third-order valence-electron chi connectivity index (χ3n) is 0.0338. The van der Waals surface area contributed by atoms with E-state index in [4.69, 9.17) is 5.21 Å². The summed E-state index contributed by atoms with van der Waals surface area (Å²) >= 11 is 1.91. The van der Waals surface area contributed by atoms with Crippen molar-refractivity contribution < 1.29 is 5.21 Å². The van der Waals surface area contributed by atoms with Crippen molar-refractivity contribution in [1.29, 1.82) is 0 Å². The molecule has 0 saturated heterocycles. The van der Waals surface area contributed by atoms with Gasteiger partial charge in [-0.05, 0) is 0 Å². The average molecular weight is 189 g/mol. The predicted octanol–water partition coefficient (Wildman–Crippen LogP) is 1.86. The van der Waals surface area contributed by atoms with Crippen LogP contribution in [-0.4, -0.2) is 5.21 Å². The van der Waals surface area contributed by atoms with Crippen LogP contribution in [0.4, 0.5) is 0 Å². The zero-order valence-electron chi connectivity index (χ0n) is 1.72. The normalized spacial score (nSPS) is 9.50. The molecule has 0 bridgehead atoms. The molecule has 4 heavy (non-hydrogen) atoms. The highest BCUT2D eigenvalue weighted by Crippen LogP contribution is 2.06. The smallest absolute Gasteiger partial charge is 0.114 e. The molecule has 0 saturated carbocycles. The van der Waals surface area contributed by atoms with E-state index in [2.05, 4.69) is 4.91 Å². The molecule has 0 radical (unpaired) electrons. The van der Waals surface area contributed by atoms with Crippen molar-refractivity contribution in [3.05, 3.63) is 0 Å². The van der Waals surface area contributed by atoms with E-state index in [1.807, 2.05) is 22.0 Å². The summed E-state index contributed by atoms with van der Waals surface area (Å²) in [6.45, 7) is 0. The van der Waals surface area contributed by atoms with E-state index in [1.54, 1.807) is 0 Å². The summed E-state index contributed by atoms with van der Waals surface area (Å²) in [6.07, 6.45) is 0. The standard InChI is InChI=1S/HINOP/c1-4-2-3/h3H. The molecule has 0 aliphatic carbocycles. The van der Waals surface area contributed by atoms with Gasteiger partial charge in [0.2, 0.25) is 0 Å². The van der Waals surface area contributed by atoms with Gasteiger partial charge in [-0.15, -0.1) is 4.91 Å². The van der Waals surface area contributed by atoms with Crippen molar-refractivity contribution in [2.75, 3.05) is 0 Å². The molecule has 0 aromatic heterocycles. The minimum absolute atomic E-state index is 0.649. The Balaban J connectivity index is 2.55. The number of nitrogens with zero attached hydrogens (tertiary/aromatic N) is 1. The highest BCUT2D eigenvalue weighted by Gasteiger charge is 1.39. The van der Waals surface area contributed by atoms with Gasteiger partial charge in [0.25, 0.3) is 0 Å². The van der Waals surface area contributed by atoms with Crippen LogP contribution in [0.2, 0.25) is 0 Å². The zero-order chi connectivity index (χ0) is 3.41. The molecule has 0 amide bonds. The van der Waals surface area contributed by atoms with E-state index in [1.165, 1.54) is 0 Å². The highest BCUT2D eigenvalue weighted by molar-refractivity contribution is 14.2. The molecule has 0 unspecified atom stereocenters. The second-order valence-corrected chi connectivity index (χ2v) is 1.79. The van der Waals surface area contributed by atoms with Crippen LogP contribution in [-0.2, 0) is 0 Å². The van der Waals surface area contributed by atoms with E-state index in [9.17, 15) is 0 Å². The number of hydrogen-bond acceptors (Lipinski definition) is 1. The lowest BCUT2D eigenvalue weighted by Crippen LogP contribution is -1.21. The summed E-state index contributed by atoms with van der Waals surface area (Å²) in [7, 11) is 0. The van der Waals surface area contributed by atoms with Crippen molar-refractivity contribution in [2.24, 2.45) is 4.91 Å². The van der Waals surface area contributed by atoms with E-state index < -0.39 is 0 Å².